The van der Waals surface area contributed by atoms with Crippen LogP contribution in [0.3, 0.4) is 0 Å². The zero-order chi connectivity index (χ0) is 10.3. The Balaban J connectivity index is 1.73. The summed E-state index contributed by atoms with van der Waals surface area (Å²) in [5.41, 5.74) is 1.10. The SMILES string of the molecule is Clc1nc(CN2C3CCC2COC3)cs1. The van der Waals surface area contributed by atoms with E-state index in [9.17, 15) is 0 Å². The minimum atomic E-state index is 0.601. The lowest BCUT2D eigenvalue weighted by molar-refractivity contribution is -0.0191. The highest BCUT2D eigenvalue weighted by molar-refractivity contribution is 7.13. The first-order chi connectivity index (χ1) is 7.33. The van der Waals surface area contributed by atoms with Gasteiger partial charge in [-0.3, -0.25) is 4.90 Å². The largest absolute Gasteiger partial charge is 0.378 e. The Morgan fingerprint density at radius 3 is 2.80 bits per heavy atom. The number of morpholine rings is 1. The van der Waals surface area contributed by atoms with Gasteiger partial charge in [-0.2, -0.15) is 0 Å². The molecule has 2 fully saturated rings. The van der Waals surface area contributed by atoms with E-state index in [0.717, 1.165) is 25.5 Å². The molecule has 1 aromatic rings. The molecule has 0 aromatic carbocycles. The number of ether oxygens (including phenoxy) is 1. The molecule has 82 valence electrons. The van der Waals surface area contributed by atoms with E-state index in [4.69, 9.17) is 16.3 Å². The summed E-state index contributed by atoms with van der Waals surface area (Å²) in [4.78, 5) is 6.83. The van der Waals surface area contributed by atoms with E-state index in [1.807, 2.05) is 0 Å². The molecule has 2 atom stereocenters. The summed E-state index contributed by atoms with van der Waals surface area (Å²) < 4.78 is 6.19. The smallest absolute Gasteiger partial charge is 0.183 e. The van der Waals surface area contributed by atoms with Gasteiger partial charge in [0, 0.05) is 24.0 Å². The Hall–Kier alpha value is -0.160. The van der Waals surface area contributed by atoms with Gasteiger partial charge in [-0.25, -0.2) is 4.98 Å². The van der Waals surface area contributed by atoms with E-state index >= 15 is 0 Å². The maximum atomic E-state index is 5.83. The number of thiazole rings is 1. The Morgan fingerprint density at radius 2 is 2.20 bits per heavy atom. The number of halogens is 1. The lowest BCUT2D eigenvalue weighted by Crippen LogP contribution is -2.45. The van der Waals surface area contributed by atoms with Crippen molar-refractivity contribution in [3.63, 3.8) is 0 Å². The van der Waals surface area contributed by atoms with Gasteiger partial charge >= 0.3 is 0 Å². The van der Waals surface area contributed by atoms with Crippen molar-refractivity contribution in [2.75, 3.05) is 13.2 Å². The standard InChI is InChI=1S/C10H13ClN2OS/c11-10-12-7(6-15-10)3-13-8-1-2-9(13)5-14-4-8/h6,8-9H,1-5H2. The van der Waals surface area contributed by atoms with Crippen molar-refractivity contribution in [1.82, 2.24) is 9.88 Å². The minimum Gasteiger partial charge on any atom is -0.378 e. The third-order valence-corrected chi connectivity index (χ3v) is 4.29. The molecular formula is C10H13ClN2OS. The van der Waals surface area contributed by atoms with Crippen molar-refractivity contribution < 1.29 is 4.74 Å². The summed E-state index contributed by atoms with van der Waals surface area (Å²) in [6.07, 6.45) is 2.53. The molecule has 2 bridgehead atoms. The summed E-state index contributed by atoms with van der Waals surface area (Å²) in [5, 5.41) is 2.05. The predicted octanol–water partition coefficient (Wildman–Crippen LogP) is 2.16. The van der Waals surface area contributed by atoms with Crippen molar-refractivity contribution in [2.24, 2.45) is 0 Å². The van der Waals surface area contributed by atoms with Crippen LogP contribution in [0.1, 0.15) is 18.5 Å². The van der Waals surface area contributed by atoms with Crippen LogP contribution in [0.25, 0.3) is 0 Å². The summed E-state index contributed by atoms with van der Waals surface area (Å²) >= 11 is 7.34. The van der Waals surface area contributed by atoms with Gasteiger partial charge in [0.1, 0.15) is 0 Å². The number of aromatic nitrogens is 1. The average molecular weight is 245 g/mol. The summed E-state index contributed by atoms with van der Waals surface area (Å²) in [5.74, 6) is 0. The maximum Gasteiger partial charge on any atom is 0.183 e. The van der Waals surface area contributed by atoms with Gasteiger partial charge in [-0.05, 0) is 12.8 Å². The van der Waals surface area contributed by atoms with Gasteiger partial charge in [0.25, 0.3) is 0 Å². The fourth-order valence-electron chi connectivity index (χ4n) is 2.51. The molecule has 2 unspecified atom stereocenters. The van der Waals surface area contributed by atoms with E-state index in [1.165, 1.54) is 24.2 Å². The van der Waals surface area contributed by atoms with E-state index in [-0.39, 0.29) is 0 Å². The van der Waals surface area contributed by atoms with Crippen molar-refractivity contribution in [3.8, 4) is 0 Å². The van der Waals surface area contributed by atoms with Crippen LogP contribution >= 0.6 is 22.9 Å². The van der Waals surface area contributed by atoms with Crippen molar-refractivity contribution in [3.05, 3.63) is 15.5 Å². The lowest BCUT2D eigenvalue weighted by atomic mass is 10.2. The van der Waals surface area contributed by atoms with E-state index < -0.39 is 0 Å². The van der Waals surface area contributed by atoms with Gasteiger partial charge in [0.15, 0.2) is 4.47 Å². The number of fused-ring (bicyclic) bond motifs is 2. The van der Waals surface area contributed by atoms with Crippen LogP contribution in [0.4, 0.5) is 0 Å². The highest BCUT2D eigenvalue weighted by Crippen LogP contribution is 2.30. The van der Waals surface area contributed by atoms with Gasteiger partial charge in [-0.1, -0.05) is 11.6 Å². The van der Waals surface area contributed by atoms with Crippen LogP contribution in [0, 0.1) is 0 Å². The molecule has 0 N–H and O–H groups in total. The second-order valence-corrected chi connectivity index (χ2v) is 5.63. The zero-order valence-electron chi connectivity index (χ0n) is 8.36. The Morgan fingerprint density at radius 1 is 1.47 bits per heavy atom. The maximum absolute atomic E-state index is 5.83. The predicted molar refractivity (Wildman–Crippen MR) is 60.3 cm³/mol. The van der Waals surface area contributed by atoms with Gasteiger partial charge in [0.2, 0.25) is 0 Å². The second-order valence-electron chi connectivity index (χ2n) is 4.19. The third kappa shape index (κ3) is 1.91. The Labute approximate surface area is 98.0 Å². The summed E-state index contributed by atoms with van der Waals surface area (Å²) in [7, 11) is 0. The number of hydrogen-bond acceptors (Lipinski definition) is 4. The molecule has 0 spiro atoms. The molecule has 2 aliphatic heterocycles. The second kappa shape index (κ2) is 4.01. The molecule has 0 amide bonds. The molecule has 0 aliphatic carbocycles. The molecule has 0 radical (unpaired) electrons. The number of hydrogen-bond donors (Lipinski definition) is 0. The molecule has 1 aromatic heterocycles. The average Bonchev–Trinajstić information content (AvgIpc) is 2.71. The van der Waals surface area contributed by atoms with Gasteiger partial charge in [-0.15, -0.1) is 11.3 Å². The monoisotopic (exact) mass is 244 g/mol. The zero-order valence-corrected chi connectivity index (χ0v) is 9.93. The topological polar surface area (TPSA) is 25.4 Å². The van der Waals surface area contributed by atoms with E-state index in [0.29, 0.717) is 16.6 Å². The summed E-state index contributed by atoms with van der Waals surface area (Å²) in [6.45, 7) is 2.70. The van der Waals surface area contributed by atoms with Crippen LogP contribution in [-0.2, 0) is 11.3 Å². The fourth-order valence-corrected chi connectivity index (χ4v) is 3.29. The third-order valence-electron chi connectivity index (χ3n) is 3.26. The highest BCUT2D eigenvalue weighted by atomic mass is 35.5. The summed E-state index contributed by atoms with van der Waals surface area (Å²) in [6, 6.07) is 1.20. The molecule has 3 nitrogen and oxygen atoms in total. The van der Waals surface area contributed by atoms with Crippen molar-refractivity contribution in [2.45, 2.75) is 31.5 Å². The normalized spacial score (nSPS) is 31.0. The van der Waals surface area contributed by atoms with Crippen LogP contribution in [0.15, 0.2) is 5.38 Å². The first-order valence-electron chi connectivity index (χ1n) is 5.26. The van der Waals surface area contributed by atoms with Crippen LogP contribution in [-0.4, -0.2) is 35.2 Å². The van der Waals surface area contributed by atoms with E-state index in [2.05, 4.69) is 15.3 Å². The first-order valence-corrected chi connectivity index (χ1v) is 6.52. The molecule has 0 saturated carbocycles. The van der Waals surface area contributed by atoms with Crippen LogP contribution in [0.5, 0.6) is 0 Å². The van der Waals surface area contributed by atoms with Crippen LogP contribution in [0.2, 0.25) is 4.47 Å². The fraction of sp³-hybridized carbons (Fsp3) is 0.700. The van der Waals surface area contributed by atoms with Gasteiger partial charge in [0.05, 0.1) is 18.9 Å². The molecule has 5 heteroatoms. The first kappa shape index (κ1) is 10.0. The molecule has 2 aliphatic rings. The minimum absolute atomic E-state index is 0.601. The van der Waals surface area contributed by atoms with Gasteiger partial charge < -0.3 is 4.74 Å². The molecular weight excluding hydrogens is 232 g/mol. The highest BCUT2D eigenvalue weighted by Gasteiger charge is 2.37. The molecule has 15 heavy (non-hydrogen) atoms. The Bertz CT molecular complexity index is 341. The quantitative estimate of drug-likeness (QED) is 0.797. The van der Waals surface area contributed by atoms with E-state index in [1.54, 1.807) is 0 Å². The van der Waals surface area contributed by atoms with Crippen LogP contribution < -0.4 is 0 Å². The lowest BCUT2D eigenvalue weighted by Gasteiger charge is -2.33. The number of nitrogens with zero attached hydrogens (tertiary/aromatic N) is 2. The molecule has 2 saturated heterocycles. The molecule has 3 heterocycles. The van der Waals surface area contributed by atoms with Crippen molar-refractivity contribution in [1.29, 1.82) is 0 Å². The van der Waals surface area contributed by atoms with Crippen molar-refractivity contribution >= 4 is 22.9 Å². The molecule has 3 rings (SSSR count). The number of rotatable bonds is 2. The Kier molecular flexibility index (Phi) is 2.68.